The van der Waals surface area contributed by atoms with Gasteiger partial charge in [-0.2, -0.15) is 0 Å². The summed E-state index contributed by atoms with van der Waals surface area (Å²) in [5, 5.41) is 1.17. The standard InChI is InChI=1S/C18H19Cl2NO2/c1-12(22)9-14(21)10-13-5-7-15(8-6-13)23-11-16-17(19)3-2-4-18(16)20/h2-8,14H,9-11,21H2,1H3/t14-/m1/s1. The van der Waals surface area contributed by atoms with E-state index in [4.69, 9.17) is 33.7 Å². The van der Waals surface area contributed by atoms with E-state index in [9.17, 15) is 4.79 Å². The van der Waals surface area contributed by atoms with E-state index in [1.165, 1.54) is 0 Å². The van der Waals surface area contributed by atoms with Gasteiger partial charge in [0.15, 0.2) is 0 Å². The molecule has 5 heteroatoms. The van der Waals surface area contributed by atoms with Gasteiger partial charge in [-0.15, -0.1) is 0 Å². The molecular weight excluding hydrogens is 333 g/mol. The fraction of sp³-hybridized carbons (Fsp3) is 0.278. The Balaban J connectivity index is 1.94. The molecule has 0 bridgehead atoms. The molecule has 0 aliphatic heterocycles. The maximum absolute atomic E-state index is 11.1. The molecule has 0 saturated heterocycles. The van der Waals surface area contributed by atoms with Crippen LogP contribution in [0.1, 0.15) is 24.5 Å². The minimum absolute atomic E-state index is 0.106. The fourth-order valence-electron chi connectivity index (χ4n) is 2.29. The topological polar surface area (TPSA) is 52.3 Å². The van der Waals surface area contributed by atoms with Crippen LogP contribution in [-0.4, -0.2) is 11.8 Å². The predicted octanol–water partition coefficient (Wildman–Crippen LogP) is 4.42. The molecule has 0 radical (unpaired) electrons. The van der Waals surface area contributed by atoms with Crippen molar-refractivity contribution in [1.82, 2.24) is 0 Å². The molecular formula is C18H19Cl2NO2. The van der Waals surface area contributed by atoms with Gasteiger partial charge in [0.05, 0.1) is 0 Å². The van der Waals surface area contributed by atoms with E-state index in [2.05, 4.69) is 0 Å². The Hall–Kier alpha value is -1.55. The van der Waals surface area contributed by atoms with E-state index in [0.717, 1.165) is 16.9 Å². The second-order valence-electron chi connectivity index (χ2n) is 5.50. The normalized spacial score (nSPS) is 12.0. The zero-order chi connectivity index (χ0) is 16.8. The minimum atomic E-state index is -0.152. The van der Waals surface area contributed by atoms with Gasteiger partial charge < -0.3 is 10.5 Å². The lowest BCUT2D eigenvalue weighted by Gasteiger charge is -2.12. The lowest BCUT2D eigenvalue weighted by Crippen LogP contribution is -2.25. The molecule has 2 N–H and O–H groups in total. The van der Waals surface area contributed by atoms with Crippen molar-refractivity contribution in [2.45, 2.75) is 32.4 Å². The second-order valence-corrected chi connectivity index (χ2v) is 6.32. The van der Waals surface area contributed by atoms with Crippen LogP contribution in [0.4, 0.5) is 0 Å². The van der Waals surface area contributed by atoms with Gasteiger partial charge >= 0.3 is 0 Å². The number of hydrogen-bond donors (Lipinski definition) is 1. The molecule has 0 spiro atoms. The number of ether oxygens (including phenoxy) is 1. The monoisotopic (exact) mass is 351 g/mol. The SMILES string of the molecule is CC(=O)C[C@@H](N)Cc1ccc(OCc2c(Cl)cccc2Cl)cc1. The van der Waals surface area contributed by atoms with Crippen molar-refractivity contribution in [3.05, 3.63) is 63.6 Å². The fourth-order valence-corrected chi connectivity index (χ4v) is 2.80. The molecule has 0 aliphatic rings. The number of halogens is 2. The summed E-state index contributed by atoms with van der Waals surface area (Å²) in [6.07, 6.45) is 1.06. The molecule has 1 atom stereocenters. The van der Waals surface area contributed by atoms with Crippen LogP contribution in [0.25, 0.3) is 0 Å². The Kier molecular flexibility index (Phi) is 6.46. The highest BCUT2D eigenvalue weighted by Crippen LogP contribution is 2.26. The first-order chi connectivity index (χ1) is 11.0. The molecule has 0 fully saturated rings. The summed E-state index contributed by atoms with van der Waals surface area (Å²) in [5.74, 6) is 0.832. The third kappa shape index (κ3) is 5.54. The molecule has 2 aromatic carbocycles. The highest BCUT2D eigenvalue weighted by atomic mass is 35.5. The number of hydrogen-bond acceptors (Lipinski definition) is 3. The number of benzene rings is 2. The van der Waals surface area contributed by atoms with Crippen molar-refractivity contribution in [1.29, 1.82) is 0 Å². The Morgan fingerprint density at radius 1 is 1.13 bits per heavy atom. The van der Waals surface area contributed by atoms with E-state index >= 15 is 0 Å². The van der Waals surface area contributed by atoms with Gasteiger partial charge in [0.25, 0.3) is 0 Å². The molecule has 0 aliphatic carbocycles. The quantitative estimate of drug-likeness (QED) is 0.802. The Labute approximate surface area is 146 Å². The summed E-state index contributed by atoms with van der Waals surface area (Å²) >= 11 is 12.2. The molecule has 0 aromatic heterocycles. The zero-order valence-corrected chi connectivity index (χ0v) is 14.4. The van der Waals surface area contributed by atoms with Gasteiger partial charge in [0.1, 0.15) is 18.1 Å². The maximum atomic E-state index is 11.1. The van der Waals surface area contributed by atoms with Crippen LogP contribution >= 0.6 is 23.2 Å². The molecule has 0 amide bonds. The van der Waals surface area contributed by atoms with Crippen LogP contribution in [0.5, 0.6) is 5.75 Å². The smallest absolute Gasteiger partial charge is 0.131 e. The average molecular weight is 352 g/mol. The van der Waals surface area contributed by atoms with Gasteiger partial charge in [0.2, 0.25) is 0 Å². The predicted molar refractivity (Wildman–Crippen MR) is 94.2 cm³/mol. The third-order valence-corrected chi connectivity index (χ3v) is 4.12. The highest BCUT2D eigenvalue weighted by Gasteiger charge is 2.08. The van der Waals surface area contributed by atoms with Crippen LogP contribution in [0.15, 0.2) is 42.5 Å². The lowest BCUT2D eigenvalue weighted by molar-refractivity contribution is -0.117. The van der Waals surface area contributed by atoms with E-state index in [1.807, 2.05) is 24.3 Å². The first-order valence-corrected chi connectivity index (χ1v) is 8.11. The van der Waals surface area contributed by atoms with Gasteiger partial charge in [-0.05, 0) is 43.2 Å². The first kappa shape index (κ1) is 17.8. The average Bonchev–Trinajstić information content (AvgIpc) is 2.47. The van der Waals surface area contributed by atoms with Crippen molar-refractivity contribution < 1.29 is 9.53 Å². The number of Topliss-reactive ketones (excluding diaryl/α,β-unsaturated/α-hetero) is 1. The van der Waals surface area contributed by atoms with Gasteiger partial charge in [-0.3, -0.25) is 4.79 Å². The number of carbonyl (C=O) groups excluding carboxylic acids is 1. The van der Waals surface area contributed by atoms with Crippen LogP contribution in [0.3, 0.4) is 0 Å². The summed E-state index contributed by atoms with van der Waals surface area (Å²) in [6.45, 7) is 1.86. The number of carbonyl (C=O) groups is 1. The second kappa shape index (κ2) is 8.34. The minimum Gasteiger partial charge on any atom is -0.489 e. The van der Waals surface area contributed by atoms with Crippen LogP contribution in [-0.2, 0) is 17.8 Å². The van der Waals surface area contributed by atoms with Crippen molar-refractivity contribution in [3.8, 4) is 5.75 Å². The Bertz CT molecular complexity index is 651. The molecule has 3 nitrogen and oxygen atoms in total. The van der Waals surface area contributed by atoms with Crippen molar-refractivity contribution in [3.63, 3.8) is 0 Å². The maximum Gasteiger partial charge on any atom is 0.131 e. The summed E-state index contributed by atoms with van der Waals surface area (Å²) in [6, 6.07) is 12.9. The van der Waals surface area contributed by atoms with Gasteiger partial charge in [-0.1, -0.05) is 41.4 Å². The lowest BCUT2D eigenvalue weighted by atomic mass is 10.0. The Morgan fingerprint density at radius 2 is 1.74 bits per heavy atom. The van der Waals surface area contributed by atoms with Crippen molar-refractivity contribution in [2.75, 3.05) is 0 Å². The molecule has 122 valence electrons. The number of ketones is 1. The van der Waals surface area contributed by atoms with Crippen LogP contribution in [0, 0.1) is 0 Å². The van der Waals surface area contributed by atoms with Crippen molar-refractivity contribution in [2.24, 2.45) is 5.73 Å². The summed E-state index contributed by atoms with van der Waals surface area (Å²) in [5.41, 5.74) is 7.77. The zero-order valence-electron chi connectivity index (χ0n) is 12.9. The third-order valence-electron chi connectivity index (χ3n) is 3.42. The summed E-state index contributed by atoms with van der Waals surface area (Å²) in [7, 11) is 0. The van der Waals surface area contributed by atoms with Crippen LogP contribution < -0.4 is 10.5 Å². The number of rotatable bonds is 7. The summed E-state index contributed by atoms with van der Waals surface area (Å²) in [4.78, 5) is 11.1. The van der Waals surface area contributed by atoms with E-state index in [-0.39, 0.29) is 11.8 Å². The molecule has 0 heterocycles. The molecule has 0 unspecified atom stereocenters. The number of nitrogens with two attached hydrogens (primary N) is 1. The summed E-state index contributed by atoms with van der Waals surface area (Å²) < 4.78 is 5.72. The Morgan fingerprint density at radius 3 is 2.30 bits per heavy atom. The largest absolute Gasteiger partial charge is 0.489 e. The van der Waals surface area contributed by atoms with Gasteiger partial charge in [0, 0.05) is 28.1 Å². The van der Waals surface area contributed by atoms with E-state index in [0.29, 0.717) is 29.5 Å². The van der Waals surface area contributed by atoms with Crippen LogP contribution in [0.2, 0.25) is 10.0 Å². The highest BCUT2D eigenvalue weighted by molar-refractivity contribution is 6.35. The molecule has 2 aromatic rings. The molecule has 2 rings (SSSR count). The molecule has 23 heavy (non-hydrogen) atoms. The van der Waals surface area contributed by atoms with E-state index < -0.39 is 0 Å². The first-order valence-electron chi connectivity index (χ1n) is 7.35. The van der Waals surface area contributed by atoms with Crippen molar-refractivity contribution >= 4 is 29.0 Å². The van der Waals surface area contributed by atoms with E-state index in [1.54, 1.807) is 25.1 Å². The molecule has 0 saturated carbocycles. The van der Waals surface area contributed by atoms with Gasteiger partial charge in [-0.25, -0.2) is 0 Å².